The first-order valence-electron chi connectivity index (χ1n) is 26.5. The minimum Gasteiger partial charge on any atom is -0.455 e. The van der Waals surface area contributed by atoms with Gasteiger partial charge in [0, 0.05) is 40.1 Å². The number of aryl methyl sites for hydroxylation is 1. The average molecular weight is 975 g/mol. The lowest BCUT2D eigenvalue weighted by Crippen LogP contribution is -2.27. The van der Waals surface area contributed by atoms with Gasteiger partial charge in [0.05, 0.1) is 22.2 Å². The van der Waals surface area contributed by atoms with Gasteiger partial charge in [-0.15, -0.1) is 0 Å². The Kier molecular flexibility index (Phi) is 10.3. The van der Waals surface area contributed by atoms with Gasteiger partial charge in [-0.25, -0.2) is 9.97 Å². The van der Waals surface area contributed by atoms with Crippen LogP contribution in [0.5, 0.6) is 0 Å². The van der Waals surface area contributed by atoms with E-state index in [0.29, 0.717) is 0 Å². The Morgan fingerprint density at radius 1 is 0.413 bits per heavy atom. The molecule has 2 aliphatic carbocycles. The number of pyridine rings is 2. The van der Waals surface area contributed by atoms with Crippen LogP contribution in [0.1, 0.15) is 107 Å². The number of rotatable bonds is 6. The summed E-state index contributed by atoms with van der Waals surface area (Å²) >= 11 is 0. The Morgan fingerprint density at radius 2 is 0.880 bits per heavy atom. The van der Waals surface area contributed by atoms with Crippen LogP contribution in [0.3, 0.4) is 0 Å². The van der Waals surface area contributed by atoms with E-state index in [0.717, 1.165) is 78.2 Å². The Balaban J connectivity index is 1.19. The minimum atomic E-state index is -0.772. The van der Waals surface area contributed by atoms with Crippen LogP contribution in [-0.4, -0.2) is 9.97 Å². The average Bonchev–Trinajstić information content (AvgIpc) is 4.12. The zero-order chi connectivity index (χ0) is 51.8. The summed E-state index contributed by atoms with van der Waals surface area (Å²) in [7, 11) is 0. The van der Waals surface area contributed by atoms with Gasteiger partial charge in [-0.1, -0.05) is 190 Å². The molecule has 0 fully saturated rings. The number of nitrogens with zero attached hydrogens (tertiary/aromatic N) is 4. The fourth-order valence-corrected chi connectivity index (χ4v) is 12.2. The second-order valence-corrected chi connectivity index (χ2v) is 23.9. The number of para-hydroxylation sites is 1. The number of benzene rings is 8. The van der Waals surface area contributed by atoms with E-state index in [1.165, 1.54) is 55.6 Å². The number of furan rings is 1. The van der Waals surface area contributed by atoms with Crippen LogP contribution >= 0.6 is 0 Å². The van der Waals surface area contributed by atoms with E-state index in [9.17, 15) is 0 Å². The Labute approximate surface area is 441 Å². The molecule has 0 aliphatic heterocycles. The molecule has 5 heteroatoms. The Bertz CT molecular complexity index is 3950. The SMILES string of the molecule is Cc1ccc(N(c2ccc(C(C)(C)C)cc2)c2cc3c(c4ccccc24)-c2c(cc(N(c4ccc(C(C)(C)C)cc4)c4ccc(C(C)(C)C)cn4)c4c2oc2ccccc24)C32c3ccccc3-c3ccccc32)nc1. The van der Waals surface area contributed by atoms with Gasteiger partial charge < -0.3 is 4.42 Å². The van der Waals surface area contributed by atoms with Crippen LogP contribution in [0.25, 0.3) is 55.0 Å². The summed E-state index contributed by atoms with van der Waals surface area (Å²) in [5, 5.41) is 4.38. The fraction of sp³-hybridized carbons (Fsp3) is 0.200. The molecule has 11 aromatic rings. The summed E-state index contributed by atoms with van der Waals surface area (Å²) in [5.41, 5.74) is 19.4. The van der Waals surface area contributed by atoms with Crippen LogP contribution in [-0.2, 0) is 21.7 Å². The normalized spacial score (nSPS) is 13.6. The Hall–Kier alpha value is -8.28. The first-order chi connectivity index (χ1) is 36.0. The first kappa shape index (κ1) is 46.5. The minimum absolute atomic E-state index is 0.00854. The molecule has 2 aliphatic rings. The standard InChI is InChI=1S/C70H62N4O/c1-43-27-37-61(71-41-43)73(47-33-28-44(29-34-47)67(2,3)4)58-39-56-63(52-22-12-11-21-51(52)58)65-57(70(56)54-24-16-13-19-49(54)50-20-14-17-25-55(50)70)40-59(64-53-23-15-18-26-60(53)75-66(64)65)74(48-35-30-45(31-36-48)68(5,6)7)62-38-32-46(42-72-62)69(8,9)10/h11-42H,1-10H3. The number of anilines is 6. The smallest absolute Gasteiger partial charge is 0.145 e. The van der Waals surface area contributed by atoms with Crippen molar-refractivity contribution in [1.29, 1.82) is 0 Å². The molecule has 0 saturated carbocycles. The molecule has 0 radical (unpaired) electrons. The lowest BCUT2D eigenvalue weighted by Gasteiger charge is -2.34. The third-order valence-electron chi connectivity index (χ3n) is 16.1. The van der Waals surface area contributed by atoms with Crippen molar-refractivity contribution in [1.82, 2.24) is 9.97 Å². The number of hydrogen-bond donors (Lipinski definition) is 0. The molecule has 0 atom stereocenters. The van der Waals surface area contributed by atoms with Gasteiger partial charge in [0.1, 0.15) is 22.8 Å². The summed E-state index contributed by atoms with van der Waals surface area (Å²) < 4.78 is 7.47. The van der Waals surface area contributed by atoms with Crippen LogP contribution in [0, 0.1) is 6.92 Å². The van der Waals surface area contributed by atoms with Crippen molar-refractivity contribution in [3.8, 4) is 22.3 Å². The van der Waals surface area contributed by atoms with E-state index in [4.69, 9.17) is 14.4 Å². The molecule has 0 saturated heterocycles. The van der Waals surface area contributed by atoms with Crippen LogP contribution in [0.15, 0.2) is 199 Å². The zero-order valence-corrected chi connectivity index (χ0v) is 44.7. The lowest BCUT2D eigenvalue weighted by molar-refractivity contribution is 0.587. The van der Waals surface area contributed by atoms with Gasteiger partial charge in [-0.3, -0.25) is 9.80 Å². The predicted molar refractivity (Wildman–Crippen MR) is 313 cm³/mol. The largest absolute Gasteiger partial charge is 0.455 e. The van der Waals surface area contributed by atoms with E-state index in [1.54, 1.807) is 0 Å². The molecular weight excluding hydrogens is 913 g/mol. The van der Waals surface area contributed by atoms with Gasteiger partial charge >= 0.3 is 0 Å². The van der Waals surface area contributed by atoms with E-state index in [1.807, 2.05) is 6.20 Å². The van der Waals surface area contributed by atoms with Gasteiger partial charge in [0.25, 0.3) is 0 Å². The number of aromatic nitrogens is 2. The molecule has 13 rings (SSSR count). The molecule has 5 nitrogen and oxygen atoms in total. The van der Waals surface area contributed by atoms with E-state index < -0.39 is 5.41 Å². The third-order valence-corrected chi connectivity index (χ3v) is 16.1. The van der Waals surface area contributed by atoms with Gasteiger partial charge in [-0.05, 0) is 144 Å². The van der Waals surface area contributed by atoms with Gasteiger partial charge in [0.15, 0.2) is 0 Å². The molecule has 3 heterocycles. The monoisotopic (exact) mass is 974 g/mol. The van der Waals surface area contributed by atoms with E-state index in [-0.39, 0.29) is 16.2 Å². The van der Waals surface area contributed by atoms with Crippen LogP contribution in [0.2, 0.25) is 0 Å². The van der Waals surface area contributed by atoms with Crippen molar-refractivity contribution in [3.63, 3.8) is 0 Å². The molecule has 3 aromatic heterocycles. The van der Waals surface area contributed by atoms with Gasteiger partial charge in [0.2, 0.25) is 0 Å². The van der Waals surface area contributed by atoms with Crippen molar-refractivity contribution < 1.29 is 4.42 Å². The van der Waals surface area contributed by atoms with E-state index >= 15 is 0 Å². The molecule has 368 valence electrons. The molecular formula is C70H62N4O. The summed E-state index contributed by atoms with van der Waals surface area (Å²) in [5.74, 6) is 1.69. The van der Waals surface area contributed by atoms with E-state index in [2.05, 4.69) is 267 Å². The molecule has 0 bridgehead atoms. The molecule has 0 unspecified atom stereocenters. The molecule has 1 spiro atoms. The highest BCUT2D eigenvalue weighted by Crippen LogP contribution is 2.67. The number of fused-ring (bicyclic) bond motifs is 16. The van der Waals surface area contributed by atoms with Crippen molar-refractivity contribution in [2.75, 3.05) is 9.80 Å². The number of hydrogen-bond acceptors (Lipinski definition) is 5. The predicted octanol–water partition coefficient (Wildman–Crippen LogP) is 19.0. The quantitative estimate of drug-likeness (QED) is 0.166. The second-order valence-electron chi connectivity index (χ2n) is 23.9. The molecule has 8 aromatic carbocycles. The maximum atomic E-state index is 7.47. The summed E-state index contributed by atoms with van der Waals surface area (Å²) in [4.78, 5) is 15.3. The summed E-state index contributed by atoms with van der Waals surface area (Å²) in [6.45, 7) is 22.5. The van der Waals surface area contributed by atoms with Crippen molar-refractivity contribution >= 4 is 67.1 Å². The Morgan fingerprint density at radius 3 is 1.43 bits per heavy atom. The summed E-state index contributed by atoms with van der Waals surface area (Å²) in [6.07, 6.45) is 4.04. The second kappa shape index (κ2) is 16.6. The van der Waals surface area contributed by atoms with Crippen LogP contribution < -0.4 is 9.80 Å². The highest BCUT2D eigenvalue weighted by molar-refractivity contribution is 6.23. The highest BCUT2D eigenvalue weighted by Gasteiger charge is 2.54. The van der Waals surface area contributed by atoms with Crippen molar-refractivity contribution in [2.45, 2.75) is 90.9 Å². The topological polar surface area (TPSA) is 45.4 Å². The molecule has 75 heavy (non-hydrogen) atoms. The summed E-state index contributed by atoms with van der Waals surface area (Å²) in [6, 6.07) is 67.7. The highest BCUT2D eigenvalue weighted by atomic mass is 16.3. The maximum Gasteiger partial charge on any atom is 0.145 e. The maximum absolute atomic E-state index is 7.47. The lowest BCUT2D eigenvalue weighted by atomic mass is 9.70. The van der Waals surface area contributed by atoms with Crippen molar-refractivity contribution in [2.24, 2.45) is 0 Å². The van der Waals surface area contributed by atoms with Crippen molar-refractivity contribution in [3.05, 3.63) is 239 Å². The first-order valence-corrected chi connectivity index (χ1v) is 26.5. The molecule has 0 N–H and O–H groups in total. The van der Waals surface area contributed by atoms with Gasteiger partial charge in [-0.2, -0.15) is 0 Å². The van der Waals surface area contributed by atoms with Crippen LogP contribution in [0.4, 0.5) is 34.4 Å². The fourth-order valence-electron chi connectivity index (χ4n) is 12.2. The third kappa shape index (κ3) is 7.11. The molecule has 0 amide bonds. The zero-order valence-electron chi connectivity index (χ0n) is 44.7.